The van der Waals surface area contributed by atoms with Crippen LogP contribution in [0.4, 0.5) is 0 Å². The molecular weight excluding hydrogens is 362 g/mol. The van der Waals surface area contributed by atoms with Crippen LogP contribution in [0, 0.1) is 5.92 Å². The Kier molecular flexibility index (Phi) is 5.91. The molecule has 4 rings (SSSR count). The van der Waals surface area contributed by atoms with Gasteiger partial charge in [0, 0.05) is 24.4 Å². The molecule has 29 heavy (non-hydrogen) atoms. The summed E-state index contributed by atoms with van der Waals surface area (Å²) in [5.74, 6) is 1.02. The molecule has 2 aromatic carbocycles. The van der Waals surface area contributed by atoms with Gasteiger partial charge in [-0.1, -0.05) is 61.4 Å². The average Bonchev–Trinajstić information content (AvgIpc) is 2.77. The number of amides is 1. The van der Waals surface area contributed by atoms with Crippen molar-refractivity contribution in [3.8, 4) is 5.75 Å². The molecule has 0 aromatic heterocycles. The molecule has 1 amide bonds. The van der Waals surface area contributed by atoms with Gasteiger partial charge in [-0.3, -0.25) is 4.79 Å². The van der Waals surface area contributed by atoms with Gasteiger partial charge < -0.3 is 14.7 Å². The van der Waals surface area contributed by atoms with Crippen molar-refractivity contribution in [1.29, 1.82) is 0 Å². The molecule has 0 radical (unpaired) electrons. The lowest BCUT2D eigenvalue weighted by Gasteiger charge is -2.52. The maximum atomic E-state index is 13.3. The largest absolute Gasteiger partial charge is 0.496 e. The summed E-state index contributed by atoms with van der Waals surface area (Å²) in [7, 11) is 1.68. The van der Waals surface area contributed by atoms with Crippen LogP contribution in [0.2, 0.25) is 0 Å². The molecule has 1 heterocycles. The third-order valence-corrected chi connectivity index (χ3v) is 6.82. The SMILES string of the molecule is COc1ccccc1[C@H]1[C@@H]2CCCC[C@@]2(O)CCN1C(=O)CCc1ccccc1. The van der Waals surface area contributed by atoms with Gasteiger partial charge in [-0.05, 0) is 37.3 Å². The van der Waals surface area contributed by atoms with E-state index in [1.807, 2.05) is 41.3 Å². The highest BCUT2D eigenvalue weighted by molar-refractivity contribution is 5.77. The first-order chi connectivity index (χ1) is 14.1. The Balaban J connectivity index is 1.63. The lowest BCUT2D eigenvalue weighted by atomic mass is 9.66. The number of rotatable bonds is 5. The van der Waals surface area contributed by atoms with Gasteiger partial charge in [0.15, 0.2) is 0 Å². The van der Waals surface area contributed by atoms with E-state index in [4.69, 9.17) is 4.74 Å². The molecule has 2 fully saturated rings. The van der Waals surface area contributed by atoms with Crippen LogP contribution in [0.25, 0.3) is 0 Å². The van der Waals surface area contributed by atoms with Gasteiger partial charge in [0.25, 0.3) is 0 Å². The zero-order chi connectivity index (χ0) is 20.3. The Morgan fingerprint density at radius 3 is 2.66 bits per heavy atom. The van der Waals surface area contributed by atoms with Crippen LogP contribution >= 0.6 is 0 Å². The number of fused-ring (bicyclic) bond motifs is 1. The van der Waals surface area contributed by atoms with Gasteiger partial charge in [-0.2, -0.15) is 0 Å². The summed E-state index contributed by atoms with van der Waals surface area (Å²) >= 11 is 0. The Hall–Kier alpha value is -2.33. The van der Waals surface area contributed by atoms with E-state index in [1.54, 1.807) is 7.11 Å². The van der Waals surface area contributed by atoms with E-state index in [1.165, 1.54) is 5.56 Å². The van der Waals surface area contributed by atoms with Crippen molar-refractivity contribution in [2.45, 2.75) is 56.6 Å². The molecule has 1 saturated heterocycles. The van der Waals surface area contributed by atoms with E-state index in [-0.39, 0.29) is 17.9 Å². The molecule has 3 atom stereocenters. The summed E-state index contributed by atoms with van der Waals surface area (Å²) in [4.78, 5) is 15.4. The fourth-order valence-corrected chi connectivity index (χ4v) is 5.30. The molecule has 1 N–H and O–H groups in total. The van der Waals surface area contributed by atoms with Gasteiger partial charge in [0.05, 0.1) is 18.8 Å². The summed E-state index contributed by atoms with van der Waals surface area (Å²) in [5.41, 5.74) is 1.52. The van der Waals surface area contributed by atoms with Crippen molar-refractivity contribution >= 4 is 5.91 Å². The lowest BCUT2D eigenvalue weighted by Crippen LogP contribution is -2.56. The number of carbonyl (C=O) groups is 1. The quantitative estimate of drug-likeness (QED) is 0.812. The van der Waals surface area contributed by atoms with Crippen molar-refractivity contribution in [3.05, 3.63) is 65.7 Å². The third-order valence-electron chi connectivity index (χ3n) is 6.82. The maximum Gasteiger partial charge on any atom is 0.223 e. The molecule has 0 spiro atoms. The standard InChI is InChI=1S/C25H31NO3/c1-29-22-13-6-5-11-20(22)24-21-12-7-8-16-25(21,28)17-18-26(24)23(27)15-14-19-9-3-2-4-10-19/h2-6,9-11,13,21,24,28H,7-8,12,14-18H2,1H3/t21-,24-,25+/m0/s1. The predicted octanol–water partition coefficient (Wildman–Crippen LogP) is 4.52. The Morgan fingerprint density at radius 2 is 1.86 bits per heavy atom. The zero-order valence-electron chi connectivity index (χ0n) is 17.2. The first-order valence-electron chi connectivity index (χ1n) is 10.8. The number of aliphatic hydroxyl groups is 1. The van der Waals surface area contributed by atoms with Crippen LogP contribution in [-0.4, -0.2) is 35.2 Å². The van der Waals surface area contributed by atoms with Crippen LogP contribution in [0.5, 0.6) is 5.75 Å². The Bertz CT molecular complexity index is 837. The number of carbonyl (C=O) groups excluding carboxylic acids is 1. The van der Waals surface area contributed by atoms with Crippen LogP contribution in [0.3, 0.4) is 0 Å². The second-order valence-electron chi connectivity index (χ2n) is 8.47. The highest BCUT2D eigenvalue weighted by atomic mass is 16.5. The van der Waals surface area contributed by atoms with E-state index in [9.17, 15) is 9.90 Å². The number of nitrogens with zero attached hydrogens (tertiary/aromatic N) is 1. The van der Waals surface area contributed by atoms with Gasteiger partial charge in [-0.15, -0.1) is 0 Å². The molecule has 154 valence electrons. The monoisotopic (exact) mass is 393 g/mol. The van der Waals surface area contributed by atoms with E-state index in [0.717, 1.165) is 43.4 Å². The van der Waals surface area contributed by atoms with E-state index in [0.29, 0.717) is 19.4 Å². The minimum Gasteiger partial charge on any atom is -0.496 e. The van der Waals surface area contributed by atoms with Crippen molar-refractivity contribution in [2.24, 2.45) is 5.92 Å². The van der Waals surface area contributed by atoms with Crippen molar-refractivity contribution in [2.75, 3.05) is 13.7 Å². The van der Waals surface area contributed by atoms with Crippen LogP contribution in [0.1, 0.15) is 55.7 Å². The van der Waals surface area contributed by atoms with E-state index >= 15 is 0 Å². The number of hydrogen-bond acceptors (Lipinski definition) is 3. The normalized spacial score (nSPS) is 26.6. The predicted molar refractivity (Wildman–Crippen MR) is 114 cm³/mol. The van der Waals surface area contributed by atoms with Gasteiger partial charge >= 0.3 is 0 Å². The summed E-state index contributed by atoms with van der Waals surface area (Å²) in [5, 5.41) is 11.4. The van der Waals surface area contributed by atoms with Crippen molar-refractivity contribution < 1.29 is 14.6 Å². The van der Waals surface area contributed by atoms with Crippen LogP contribution in [-0.2, 0) is 11.2 Å². The lowest BCUT2D eigenvalue weighted by molar-refractivity contribution is -0.155. The molecule has 1 aliphatic carbocycles. The fraction of sp³-hybridized carbons (Fsp3) is 0.480. The van der Waals surface area contributed by atoms with Crippen molar-refractivity contribution in [3.63, 3.8) is 0 Å². The molecule has 2 aliphatic rings. The van der Waals surface area contributed by atoms with Crippen molar-refractivity contribution in [1.82, 2.24) is 4.90 Å². The smallest absolute Gasteiger partial charge is 0.223 e. The average molecular weight is 394 g/mol. The van der Waals surface area contributed by atoms with E-state index < -0.39 is 5.60 Å². The first-order valence-corrected chi connectivity index (χ1v) is 10.8. The maximum absolute atomic E-state index is 13.3. The molecule has 2 aromatic rings. The molecule has 1 saturated carbocycles. The van der Waals surface area contributed by atoms with Gasteiger partial charge in [-0.25, -0.2) is 0 Å². The molecule has 4 heteroatoms. The number of methoxy groups -OCH3 is 1. The molecule has 0 bridgehead atoms. The molecule has 1 aliphatic heterocycles. The second-order valence-corrected chi connectivity index (χ2v) is 8.47. The van der Waals surface area contributed by atoms with Crippen LogP contribution < -0.4 is 4.74 Å². The van der Waals surface area contributed by atoms with Gasteiger partial charge in [0.1, 0.15) is 5.75 Å². The number of aryl methyl sites for hydroxylation is 1. The molecular formula is C25H31NO3. The number of para-hydroxylation sites is 1. The fourth-order valence-electron chi connectivity index (χ4n) is 5.30. The highest BCUT2D eigenvalue weighted by Crippen LogP contribution is 2.50. The number of likely N-dealkylation sites (tertiary alicyclic amines) is 1. The Morgan fingerprint density at radius 1 is 1.10 bits per heavy atom. The summed E-state index contributed by atoms with van der Waals surface area (Å²) in [6.07, 6.45) is 5.83. The third kappa shape index (κ3) is 4.04. The minimum atomic E-state index is -0.681. The number of piperidine rings is 1. The summed E-state index contributed by atoms with van der Waals surface area (Å²) in [6, 6.07) is 18.0. The van der Waals surface area contributed by atoms with Gasteiger partial charge in [0.2, 0.25) is 5.91 Å². The number of ether oxygens (including phenoxy) is 1. The zero-order valence-corrected chi connectivity index (χ0v) is 17.2. The highest BCUT2D eigenvalue weighted by Gasteiger charge is 2.50. The second kappa shape index (κ2) is 8.58. The Labute approximate surface area is 173 Å². The first kappa shape index (κ1) is 20.0. The topological polar surface area (TPSA) is 49.8 Å². The summed E-state index contributed by atoms with van der Waals surface area (Å²) in [6.45, 7) is 0.601. The minimum absolute atomic E-state index is 0.0574. The summed E-state index contributed by atoms with van der Waals surface area (Å²) < 4.78 is 5.65. The number of hydrogen-bond donors (Lipinski definition) is 1. The molecule has 0 unspecified atom stereocenters. The van der Waals surface area contributed by atoms with E-state index in [2.05, 4.69) is 18.2 Å². The number of benzene rings is 2. The van der Waals surface area contributed by atoms with Crippen LogP contribution in [0.15, 0.2) is 54.6 Å². The molecule has 4 nitrogen and oxygen atoms in total.